The van der Waals surface area contributed by atoms with E-state index in [0.29, 0.717) is 12.0 Å². The number of nitrogens with one attached hydrogen (secondary N) is 1. The summed E-state index contributed by atoms with van der Waals surface area (Å²) in [6, 6.07) is 5.52. The van der Waals surface area contributed by atoms with Gasteiger partial charge in [0, 0.05) is 10.5 Å². The van der Waals surface area contributed by atoms with Crippen molar-refractivity contribution in [1.82, 2.24) is 5.32 Å². The average molecular weight is 288 g/mol. The van der Waals surface area contributed by atoms with Crippen molar-refractivity contribution in [2.75, 3.05) is 6.54 Å². The van der Waals surface area contributed by atoms with E-state index in [-0.39, 0.29) is 5.82 Å². The molecule has 0 saturated heterocycles. The molecule has 1 aromatic rings. The molecule has 1 nitrogen and oxygen atoms in total. The van der Waals surface area contributed by atoms with Gasteiger partial charge < -0.3 is 5.32 Å². The topological polar surface area (TPSA) is 12.0 Å². The lowest BCUT2D eigenvalue weighted by atomic mass is 9.94. The van der Waals surface area contributed by atoms with Gasteiger partial charge in [-0.3, -0.25) is 0 Å². The third-order valence-corrected chi connectivity index (χ3v) is 3.42. The van der Waals surface area contributed by atoms with E-state index in [1.54, 1.807) is 6.07 Å². The number of rotatable bonds is 5. The van der Waals surface area contributed by atoms with E-state index in [2.05, 4.69) is 42.0 Å². The van der Waals surface area contributed by atoms with Crippen molar-refractivity contribution in [2.45, 2.75) is 33.2 Å². The molecule has 0 saturated carbocycles. The molecule has 0 aromatic heterocycles. The fourth-order valence-corrected chi connectivity index (χ4v) is 2.16. The number of benzene rings is 1. The molecule has 2 atom stereocenters. The maximum Gasteiger partial charge on any atom is 0.126 e. The molecule has 1 N–H and O–H groups in total. The van der Waals surface area contributed by atoms with Crippen LogP contribution in [0.25, 0.3) is 0 Å². The Balaban J connectivity index is 2.68. The highest BCUT2D eigenvalue weighted by Gasteiger charge is 2.14. The normalized spacial score (nSPS) is 14.8. The second-order valence-corrected chi connectivity index (χ2v) is 5.18. The Labute approximate surface area is 106 Å². The summed E-state index contributed by atoms with van der Waals surface area (Å²) in [7, 11) is 0. The van der Waals surface area contributed by atoms with E-state index in [9.17, 15) is 4.39 Å². The molecule has 0 aliphatic heterocycles. The largest absolute Gasteiger partial charge is 0.314 e. The lowest BCUT2D eigenvalue weighted by Crippen LogP contribution is -2.33. The average Bonchev–Trinajstić information content (AvgIpc) is 2.23. The smallest absolute Gasteiger partial charge is 0.126 e. The lowest BCUT2D eigenvalue weighted by Gasteiger charge is -2.21. The molecule has 0 fully saturated rings. The second kappa shape index (κ2) is 6.36. The number of hydrogen-bond donors (Lipinski definition) is 1. The summed E-state index contributed by atoms with van der Waals surface area (Å²) in [5.41, 5.74) is 0.784. The third-order valence-electron chi connectivity index (χ3n) is 2.93. The second-order valence-electron chi connectivity index (χ2n) is 4.26. The van der Waals surface area contributed by atoms with Gasteiger partial charge in [-0.2, -0.15) is 0 Å². The predicted octanol–water partition coefficient (Wildman–Crippen LogP) is 3.76. The van der Waals surface area contributed by atoms with Gasteiger partial charge in [0.1, 0.15) is 5.82 Å². The zero-order chi connectivity index (χ0) is 12.1. The van der Waals surface area contributed by atoms with Crippen molar-refractivity contribution in [2.24, 2.45) is 5.92 Å². The first-order chi connectivity index (χ1) is 7.54. The monoisotopic (exact) mass is 287 g/mol. The first kappa shape index (κ1) is 13.7. The molecule has 1 aromatic carbocycles. The molecule has 0 spiro atoms. The number of hydrogen-bond acceptors (Lipinski definition) is 1. The number of halogens is 2. The Morgan fingerprint density at radius 3 is 2.69 bits per heavy atom. The SMILES string of the molecule is CCNC(C)C(C)Cc1cc(Br)ccc1F. The fourth-order valence-electron chi connectivity index (χ4n) is 1.75. The molecule has 2 unspecified atom stereocenters. The molecule has 0 aliphatic carbocycles. The minimum absolute atomic E-state index is 0.112. The van der Waals surface area contributed by atoms with Gasteiger partial charge in [0.2, 0.25) is 0 Å². The molecule has 90 valence electrons. The summed E-state index contributed by atoms with van der Waals surface area (Å²) in [5, 5.41) is 3.37. The maximum atomic E-state index is 13.5. The summed E-state index contributed by atoms with van der Waals surface area (Å²) in [5.74, 6) is 0.308. The van der Waals surface area contributed by atoms with Crippen LogP contribution in [0.4, 0.5) is 4.39 Å². The summed E-state index contributed by atoms with van der Waals surface area (Å²) < 4.78 is 14.5. The highest BCUT2D eigenvalue weighted by molar-refractivity contribution is 9.10. The van der Waals surface area contributed by atoms with Crippen molar-refractivity contribution < 1.29 is 4.39 Å². The van der Waals surface area contributed by atoms with Crippen molar-refractivity contribution in [3.8, 4) is 0 Å². The predicted molar refractivity (Wildman–Crippen MR) is 70.1 cm³/mol. The zero-order valence-corrected chi connectivity index (χ0v) is 11.6. The molecule has 0 bridgehead atoms. The Morgan fingerprint density at radius 2 is 2.06 bits per heavy atom. The lowest BCUT2D eigenvalue weighted by molar-refractivity contribution is 0.401. The van der Waals surface area contributed by atoms with E-state index in [4.69, 9.17) is 0 Å². The summed E-state index contributed by atoms with van der Waals surface area (Å²) in [6.07, 6.45) is 0.763. The van der Waals surface area contributed by atoms with Crippen LogP contribution >= 0.6 is 15.9 Å². The van der Waals surface area contributed by atoms with Gasteiger partial charge in [-0.25, -0.2) is 4.39 Å². The molecule has 1 rings (SSSR count). The summed E-state index contributed by atoms with van der Waals surface area (Å²) >= 11 is 3.37. The van der Waals surface area contributed by atoms with Gasteiger partial charge in [0.05, 0.1) is 0 Å². The van der Waals surface area contributed by atoms with Gasteiger partial charge in [-0.05, 0) is 49.6 Å². The molecular weight excluding hydrogens is 269 g/mol. The van der Waals surface area contributed by atoms with E-state index < -0.39 is 0 Å². The zero-order valence-electron chi connectivity index (χ0n) is 10.1. The van der Waals surface area contributed by atoms with Gasteiger partial charge in [-0.1, -0.05) is 29.8 Å². The molecule has 0 aliphatic rings. The fraction of sp³-hybridized carbons (Fsp3) is 0.538. The maximum absolute atomic E-state index is 13.5. The van der Waals surface area contributed by atoms with Crippen molar-refractivity contribution >= 4 is 15.9 Å². The van der Waals surface area contributed by atoms with Crippen LogP contribution in [0, 0.1) is 11.7 Å². The Hall–Kier alpha value is -0.410. The standard InChI is InChI=1S/C13H19BrFN/c1-4-16-10(3)9(2)7-11-8-12(14)5-6-13(11)15/h5-6,8-10,16H,4,7H2,1-3H3. The van der Waals surface area contributed by atoms with Crippen LogP contribution in [0.2, 0.25) is 0 Å². The minimum atomic E-state index is -0.112. The van der Waals surface area contributed by atoms with E-state index in [1.165, 1.54) is 6.07 Å². The van der Waals surface area contributed by atoms with Gasteiger partial charge in [0.25, 0.3) is 0 Å². The first-order valence-corrected chi connectivity index (χ1v) is 6.51. The van der Waals surface area contributed by atoms with Crippen LogP contribution in [0.1, 0.15) is 26.3 Å². The van der Waals surface area contributed by atoms with Crippen LogP contribution in [-0.2, 0) is 6.42 Å². The van der Waals surface area contributed by atoms with Crippen molar-refractivity contribution in [3.05, 3.63) is 34.1 Å². The summed E-state index contributed by atoms with van der Waals surface area (Å²) in [4.78, 5) is 0. The van der Waals surface area contributed by atoms with Gasteiger partial charge in [0.15, 0.2) is 0 Å². The Bertz CT molecular complexity index is 341. The third kappa shape index (κ3) is 3.87. The molecule has 0 heterocycles. The Morgan fingerprint density at radius 1 is 1.38 bits per heavy atom. The molecule has 16 heavy (non-hydrogen) atoms. The van der Waals surface area contributed by atoms with Crippen LogP contribution < -0.4 is 5.32 Å². The molecule has 0 radical (unpaired) electrons. The highest BCUT2D eigenvalue weighted by atomic mass is 79.9. The van der Waals surface area contributed by atoms with Gasteiger partial charge in [-0.15, -0.1) is 0 Å². The van der Waals surface area contributed by atoms with Crippen molar-refractivity contribution in [1.29, 1.82) is 0 Å². The highest BCUT2D eigenvalue weighted by Crippen LogP contribution is 2.19. The van der Waals surface area contributed by atoms with E-state index >= 15 is 0 Å². The Kier molecular flexibility index (Phi) is 5.42. The summed E-state index contributed by atoms with van der Waals surface area (Å²) in [6.45, 7) is 7.33. The molecule has 3 heteroatoms. The van der Waals surface area contributed by atoms with E-state index in [1.807, 2.05) is 6.07 Å². The van der Waals surface area contributed by atoms with Crippen LogP contribution in [0.3, 0.4) is 0 Å². The van der Waals surface area contributed by atoms with Crippen LogP contribution in [0.5, 0.6) is 0 Å². The molecular formula is C13H19BrFN. The van der Waals surface area contributed by atoms with Crippen LogP contribution in [-0.4, -0.2) is 12.6 Å². The van der Waals surface area contributed by atoms with Gasteiger partial charge >= 0.3 is 0 Å². The van der Waals surface area contributed by atoms with E-state index in [0.717, 1.165) is 23.0 Å². The van der Waals surface area contributed by atoms with Crippen LogP contribution in [0.15, 0.2) is 22.7 Å². The quantitative estimate of drug-likeness (QED) is 0.869. The minimum Gasteiger partial charge on any atom is -0.314 e. The molecule has 0 amide bonds. The van der Waals surface area contributed by atoms with Crippen molar-refractivity contribution in [3.63, 3.8) is 0 Å². The first-order valence-electron chi connectivity index (χ1n) is 5.72.